The molecule has 1 nitrogen and oxygen atoms in total. The van der Waals surface area contributed by atoms with Crippen molar-refractivity contribution in [1.29, 1.82) is 0 Å². The van der Waals surface area contributed by atoms with Gasteiger partial charge in [0.1, 0.15) is 5.78 Å². The summed E-state index contributed by atoms with van der Waals surface area (Å²) < 4.78 is 0. The second-order valence-corrected chi connectivity index (χ2v) is 3.77. The Hall–Kier alpha value is -0.590. The number of fused-ring (bicyclic) bond motifs is 1. The van der Waals surface area contributed by atoms with Crippen LogP contribution in [0.3, 0.4) is 0 Å². The zero-order chi connectivity index (χ0) is 7.84. The van der Waals surface area contributed by atoms with Crippen molar-refractivity contribution in [2.24, 2.45) is 11.8 Å². The van der Waals surface area contributed by atoms with Gasteiger partial charge in [-0.15, -0.1) is 0 Å². The summed E-state index contributed by atoms with van der Waals surface area (Å²) in [6.45, 7) is 4.04. The lowest BCUT2D eigenvalue weighted by atomic mass is 9.78. The van der Waals surface area contributed by atoms with Gasteiger partial charge in [-0.25, -0.2) is 0 Å². The molecule has 2 aliphatic rings. The number of ketones is 1. The molecule has 0 aromatic rings. The van der Waals surface area contributed by atoms with E-state index in [1.807, 2.05) is 0 Å². The molecule has 0 heterocycles. The summed E-state index contributed by atoms with van der Waals surface area (Å²) in [5.74, 6) is 1.43. The second-order valence-electron chi connectivity index (χ2n) is 3.77. The normalized spacial score (nSPS) is 37.5. The van der Waals surface area contributed by atoms with E-state index in [4.69, 9.17) is 0 Å². The van der Waals surface area contributed by atoms with Gasteiger partial charge in [0.15, 0.2) is 0 Å². The lowest BCUT2D eigenvalue weighted by molar-refractivity contribution is -0.121. The summed E-state index contributed by atoms with van der Waals surface area (Å²) in [5.41, 5.74) is 1.34. The third-order valence-electron chi connectivity index (χ3n) is 3.14. The van der Waals surface area contributed by atoms with Gasteiger partial charge in [-0.2, -0.15) is 0 Å². The first kappa shape index (κ1) is 7.08. The van der Waals surface area contributed by atoms with Gasteiger partial charge < -0.3 is 0 Å². The molecular weight excluding hydrogens is 136 g/mol. The molecule has 2 atom stereocenters. The Kier molecular flexibility index (Phi) is 1.59. The molecule has 0 aromatic carbocycles. The fraction of sp³-hybridized carbons (Fsp3) is 0.700. The third-order valence-corrected chi connectivity index (χ3v) is 3.14. The van der Waals surface area contributed by atoms with Crippen molar-refractivity contribution in [1.82, 2.24) is 0 Å². The minimum absolute atomic E-state index is 0.372. The predicted molar refractivity (Wildman–Crippen MR) is 44.2 cm³/mol. The van der Waals surface area contributed by atoms with Crippen LogP contribution in [0.25, 0.3) is 0 Å². The highest BCUT2D eigenvalue weighted by atomic mass is 16.1. The minimum Gasteiger partial charge on any atom is -0.299 e. The number of allylic oxidation sites excluding steroid dienone is 1. The minimum atomic E-state index is 0.372. The highest BCUT2D eigenvalue weighted by molar-refractivity contribution is 5.84. The summed E-state index contributed by atoms with van der Waals surface area (Å²) in [6.07, 6.45) is 5.37. The monoisotopic (exact) mass is 150 g/mol. The average Bonchev–Trinajstić information content (AvgIpc) is 2.35. The molecule has 0 N–H and O–H groups in total. The molecular formula is C10H14O. The zero-order valence-electron chi connectivity index (χ0n) is 6.81. The summed E-state index contributed by atoms with van der Waals surface area (Å²) >= 11 is 0. The van der Waals surface area contributed by atoms with Crippen molar-refractivity contribution in [2.45, 2.75) is 32.1 Å². The lowest BCUT2D eigenvalue weighted by Crippen LogP contribution is -2.20. The van der Waals surface area contributed by atoms with Gasteiger partial charge in [-0.05, 0) is 31.6 Å². The van der Waals surface area contributed by atoms with Crippen LogP contribution in [0.5, 0.6) is 0 Å². The van der Waals surface area contributed by atoms with Crippen molar-refractivity contribution >= 4 is 5.78 Å². The Morgan fingerprint density at radius 3 is 2.73 bits per heavy atom. The molecule has 2 fully saturated rings. The maximum atomic E-state index is 11.3. The van der Waals surface area contributed by atoms with Crippen LogP contribution in [-0.4, -0.2) is 5.78 Å². The van der Waals surface area contributed by atoms with Gasteiger partial charge in [0, 0.05) is 12.3 Å². The molecule has 2 saturated carbocycles. The van der Waals surface area contributed by atoms with E-state index in [0.29, 0.717) is 17.6 Å². The summed E-state index contributed by atoms with van der Waals surface area (Å²) in [6, 6.07) is 0. The van der Waals surface area contributed by atoms with Crippen molar-refractivity contribution in [2.75, 3.05) is 0 Å². The fourth-order valence-electron chi connectivity index (χ4n) is 2.49. The van der Waals surface area contributed by atoms with Gasteiger partial charge in [0.2, 0.25) is 0 Å². The molecule has 0 bridgehead atoms. The number of hydrogen-bond donors (Lipinski definition) is 0. The molecule has 0 amide bonds. The summed E-state index contributed by atoms with van der Waals surface area (Å²) in [5, 5.41) is 0. The molecule has 1 heteroatoms. The highest BCUT2D eigenvalue weighted by Crippen LogP contribution is 2.42. The average molecular weight is 150 g/mol. The van der Waals surface area contributed by atoms with Crippen LogP contribution < -0.4 is 0 Å². The molecule has 0 radical (unpaired) electrons. The maximum absolute atomic E-state index is 11.3. The highest BCUT2D eigenvalue weighted by Gasteiger charge is 2.37. The van der Waals surface area contributed by atoms with Gasteiger partial charge in [-0.3, -0.25) is 4.79 Å². The topological polar surface area (TPSA) is 17.1 Å². The Balaban J connectivity index is 2.19. The van der Waals surface area contributed by atoms with E-state index in [1.165, 1.54) is 12.0 Å². The predicted octanol–water partition coefficient (Wildman–Crippen LogP) is 2.32. The number of carbonyl (C=O) groups excluding carboxylic acids is 1. The molecule has 0 aliphatic heterocycles. The molecule has 2 rings (SSSR count). The third kappa shape index (κ3) is 1.03. The van der Waals surface area contributed by atoms with E-state index in [1.54, 1.807) is 0 Å². The number of hydrogen-bond acceptors (Lipinski definition) is 1. The van der Waals surface area contributed by atoms with Crippen molar-refractivity contribution in [3.63, 3.8) is 0 Å². The maximum Gasteiger partial charge on any atom is 0.136 e. The van der Waals surface area contributed by atoms with Crippen LogP contribution in [0, 0.1) is 11.8 Å². The van der Waals surface area contributed by atoms with Crippen LogP contribution in [0.1, 0.15) is 32.1 Å². The lowest BCUT2D eigenvalue weighted by Gasteiger charge is -2.25. The van der Waals surface area contributed by atoms with Crippen LogP contribution in [-0.2, 0) is 4.79 Å². The number of rotatable bonds is 0. The van der Waals surface area contributed by atoms with E-state index in [0.717, 1.165) is 25.7 Å². The largest absolute Gasteiger partial charge is 0.299 e. The van der Waals surface area contributed by atoms with Crippen LogP contribution >= 0.6 is 0 Å². The first-order valence-electron chi connectivity index (χ1n) is 4.49. The smallest absolute Gasteiger partial charge is 0.136 e. The van der Waals surface area contributed by atoms with E-state index in [-0.39, 0.29) is 0 Å². The number of Topliss-reactive ketones (excluding diaryl/α,β-unsaturated/α-hetero) is 1. The number of carbonyl (C=O) groups is 1. The van der Waals surface area contributed by atoms with E-state index >= 15 is 0 Å². The Labute approximate surface area is 67.5 Å². The fourth-order valence-corrected chi connectivity index (χ4v) is 2.49. The van der Waals surface area contributed by atoms with Crippen molar-refractivity contribution in [3.05, 3.63) is 12.2 Å². The van der Waals surface area contributed by atoms with Crippen molar-refractivity contribution < 1.29 is 4.79 Å². The van der Waals surface area contributed by atoms with Crippen LogP contribution in [0.4, 0.5) is 0 Å². The van der Waals surface area contributed by atoms with E-state index in [9.17, 15) is 4.79 Å². The molecule has 11 heavy (non-hydrogen) atoms. The summed E-state index contributed by atoms with van der Waals surface area (Å²) in [4.78, 5) is 11.3. The first-order valence-corrected chi connectivity index (χ1v) is 4.49. The van der Waals surface area contributed by atoms with Gasteiger partial charge in [0.05, 0.1) is 0 Å². The van der Waals surface area contributed by atoms with Crippen LogP contribution in [0.15, 0.2) is 12.2 Å². The van der Waals surface area contributed by atoms with Gasteiger partial charge in [0.25, 0.3) is 0 Å². The van der Waals surface area contributed by atoms with E-state index < -0.39 is 0 Å². The zero-order valence-corrected chi connectivity index (χ0v) is 6.81. The molecule has 0 aromatic heterocycles. The standard InChI is InChI=1S/C10H14O/c1-7-3-2-4-9-8(7)5-6-10(9)11/h8-9H,1-6H2/t8-,9+/m1/s1. The Morgan fingerprint density at radius 1 is 1.18 bits per heavy atom. The van der Waals surface area contributed by atoms with Gasteiger partial charge >= 0.3 is 0 Å². The molecule has 0 saturated heterocycles. The molecule has 60 valence electrons. The quantitative estimate of drug-likeness (QED) is 0.484. The van der Waals surface area contributed by atoms with Crippen LogP contribution in [0.2, 0.25) is 0 Å². The van der Waals surface area contributed by atoms with Gasteiger partial charge in [-0.1, -0.05) is 12.2 Å². The Morgan fingerprint density at radius 2 is 2.00 bits per heavy atom. The summed E-state index contributed by atoms with van der Waals surface area (Å²) in [7, 11) is 0. The SMILES string of the molecule is C=C1CCC[C@@H]2C(=O)CC[C@H]12. The molecule has 0 unspecified atom stereocenters. The second kappa shape index (κ2) is 2.47. The molecule has 2 aliphatic carbocycles. The van der Waals surface area contributed by atoms with Crippen molar-refractivity contribution in [3.8, 4) is 0 Å². The molecule has 0 spiro atoms. The Bertz CT molecular complexity index is 205. The first-order chi connectivity index (χ1) is 5.29. The van der Waals surface area contributed by atoms with E-state index in [2.05, 4.69) is 6.58 Å².